The van der Waals surface area contributed by atoms with Crippen molar-refractivity contribution in [3.05, 3.63) is 29.3 Å². The predicted octanol–water partition coefficient (Wildman–Crippen LogP) is 5.78. The Labute approximate surface area is 211 Å². The number of rotatable bonds is 10. The Hall–Kier alpha value is -2.41. The van der Waals surface area contributed by atoms with E-state index in [4.69, 9.17) is 19.9 Å². The van der Waals surface area contributed by atoms with Crippen LogP contribution in [0, 0.1) is 0 Å². The minimum atomic E-state index is -2.01. The molecule has 2 N–H and O–H groups in total. The van der Waals surface area contributed by atoms with E-state index in [-0.39, 0.29) is 30.6 Å². The first-order chi connectivity index (χ1) is 15.9. The lowest BCUT2D eigenvalue weighted by Gasteiger charge is -2.30. The Morgan fingerprint density at radius 3 is 1.71 bits per heavy atom. The zero-order valence-corrected chi connectivity index (χ0v) is 23.2. The molecule has 7 nitrogen and oxygen atoms in total. The number of nitrogens with two attached hydrogens (primary N) is 1. The summed E-state index contributed by atoms with van der Waals surface area (Å²) in [5.41, 5.74) is 4.74. The molecule has 0 spiro atoms. The van der Waals surface area contributed by atoms with E-state index in [1.807, 2.05) is 45.9 Å². The Balaban J connectivity index is 3.18. The maximum atomic E-state index is 13.5. The second-order valence-corrected chi connectivity index (χ2v) is 11.7. The van der Waals surface area contributed by atoms with Crippen LogP contribution < -0.4 is 10.5 Å². The van der Waals surface area contributed by atoms with Crippen LogP contribution in [0.1, 0.15) is 118 Å². The van der Waals surface area contributed by atoms with E-state index in [0.717, 1.165) is 11.1 Å². The molecule has 1 atom stereocenters. The summed E-state index contributed by atoms with van der Waals surface area (Å²) >= 11 is 0. The SMILES string of the molecule is CC(C)c1cccc(C(C)C)c1OC(=O)[C@](N)(CCCCC(=O)OC(C)(C)C)C(=O)OC(C)(C)C. The van der Waals surface area contributed by atoms with Crippen LogP contribution in [-0.4, -0.2) is 34.6 Å². The molecular weight excluding hydrogens is 446 g/mol. The summed E-state index contributed by atoms with van der Waals surface area (Å²) in [5, 5.41) is 0. The average Bonchev–Trinajstić information content (AvgIpc) is 2.68. The summed E-state index contributed by atoms with van der Waals surface area (Å²) in [6.07, 6.45) is 0.880. The fourth-order valence-electron chi connectivity index (χ4n) is 3.51. The largest absolute Gasteiger partial charge is 0.460 e. The highest BCUT2D eigenvalue weighted by Gasteiger charge is 2.47. The predicted molar refractivity (Wildman–Crippen MR) is 137 cm³/mol. The third-order valence-corrected chi connectivity index (χ3v) is 5.26. The van der Waals surface area contributed by atoms with Gasteiger partial charge in [-0.05, 0) is 83.8 Å². The summed E-state index contributed by atoms with van der Waals surface area (Å²) < 4.78 is 16.7. The molecule has 1 aromatic carbocycles. The summed E-state index contributed by atoms with van der Waals surface area (Å²) in [5.74, 6) is -1.42. The maximum absolute atomic E-state index is 13.5. The Morgan fingerprint density at radius 2 is 1.29 bits per heavy atom. The molecule has 0 saturated heterocycles. The molecule has 0 radical (unpaired) electrons. The van der Waals surface area contributed by atoms with Crippen molar-refractivity contribution in [3.63, 3.8) is 0 Å². The van der Waals surface area contributed by atoms with Crippen molar-refractivity contribution in [2.24, 2.45) is 5.73 Å². The third-order valence-electron chi connectivity index (χ3n) is 5.26. The molecule has 0 bridgehead atoms. The lowest BCUT2D eigenvalue weighted by Crippen LogP contribution is -2.58. The van der Waals surface area contributed by atoms with Gasteiger partial charge in [-0.3, -0.25) is 4.79 Å². The van der Waals surface area contributed by atoms with Gasteiger partial charge < -0.3 is 19.9 Å². The van der Waals surface area contributed by atoms with Gasteiger partial charge in [-0.1, -0.05) is 45.9 Å². The Kier molecular flexibility index (Phi) is 10.5. The summed E-state index contributed by atoms with van der Waals surface area (Å²) in [7, 11) is 0. The molecule has 0 amide bonds. The van der Waals surface area contributed by atoms with Gasteiger partial charge in [0.25, 0.3) is 0 Å². The van der Waals surface area contributed by atoms with Crippen LogP contribution in [0.25, 0.3) is 0 Å². The van der Waals surface area contributed by atoms with Crippen LogP contribution in [0.15, 0.2) is 18.2 Å². The number of ether oxygens (including phenoxy) is 3. The number of para-hydroxylation sites is 1. The normalized spacial score (nSPS) is 14.0. The smallest absolute Gasteiger partial charge is 0.343 e. The van der Waals surface area contributed by atoms with Gasteiger partial charge in [-0.15, -0.1) is 0 Å². The molecule has 0 aliphatic carbocycles. The molecular formula is C28H45NO6. The monoisotopic (exact) mass is 491 g/mol. The van der Waals surface area contributed by atoms with Gasteiger partial charge in [0.1, 0.15) is 17.0 Å². The molecule has 198 valence electrons. The molecule has 0 unspecified atom stereocenters. The van der Waals surface area contributed by atoms with Crippen molar-refractivity contribution < 1.29 is 28.6 Å². The van der Waals surface area contributed by atoms with Gasteiger partial charge in [0.2, 0.25) is 5.54 Å². The van der Waals surface area contributed by atoms with Crippen molar-refractivity contribution >= 4 is 17.9 Å². The molecule has 1 aromatic rings. The van der Waals surface area contributed by atoms with Crippen LogP contribution in [0.2, 0.25) is 0 Å². The number of esters is 3. The maximum Gasteiger partial charge on any atom is 0.343 e. The number of benzene rings is 1. The number of unbranched alkanes of at least 4 members (excludes halogenated alkanes) is 1. The van der Waals surface area contributed by atoms with Crippen molar-refractivity contribution in [2.45, 2.75) is 123 Å². The van der Waals surface area contributed by atoms with Crippen molar-refractivity contribution in [1.29, 1.82) is 0 Å². The van der Waals surface area contributed by atoms with Crippen molar-refractivity contribution in [2.75, 3.05) is 0 Å². The Morgan fingerprint density at radius 1 is 0.800 bits per heavy atom. The second kappa shape index (κ2) is 12.0. The number of carbonyl (C=O) groups is 3. The molecule has 0 fully saturated rings. The molecule has 0 heterocycles. The van der Waals surface area contributed by atoms with Gasteiger partial charge >= 0.3 is 17.9 Å². The first-order valence-electron chi connectivity index (χ1n) is 12.5. The molecule has 0 aromatic heterocycles. The second-order valence-electron chi connectivity index (χ2n) is 11.7. The molecule has 7 heteroatoms. The topological polar surface area (TPSA) is 105 Å². The minimum Gasteiger partial charge on any atom is -0.460 e. The van der Waals surface area contributed by atoms with Crippen LogP contribution in [-0.2, 0) is 23.9 Å². The highest BCUT2D eigenvalue weighted by Crippen LogP contribution is 2.35. The lowest BCUT2D eigenvalue weighted by molar-refractivity contribution is -0.168. The zero-order chi connectivity index (χ0) is 27.2. The fraction of sp³-hybridized carbons (Fsp3) is 0.679. The summed E-state index contributed by atoms with van der Waals surface area (Å²) in [4.78, 5) is 38.7. The fourth-order valence-corrected chi connectivity index (χ4v) is 3.51. The van der Waals surface area contributed by atoms with Crippen molar-refractivity contribution in [3.8, 4) is 5.75 Å². The zero-order valence-electron chi connectivity index (χ0n) is 23.2. The van der Waals surface area contributed by atoms with E-state index in [1.54, 1.807) is 41.5 Å². The van der Waals surface area contributed by atoms with Gasteiger partial charge in [0, 0.05) is 6.42 Å². The minimum absolute atomic E-state index is 0.0234. The standard InChI is InChI=1S/C28H45NO6/c1-18(2)20-14-13-15-21(19(3)4)23(20)33-24(31)28(29,25(32)35-27(8,9)10)17-12-11-16-22(30)34-26(5,6)7/h13-15,18-19H,11-12,16-17,29H2,1-10H3/t28-/m1/s1. The lowest BCUT2D eigenvalue weighted by atomic mass is 9.91. The molecule has 1 rings (SSSR count). The van der Waals surface area contributed by atoms with E-state index in [9.17, 15) is 14.4 Å². The average molecular weight is 492 g/mol. The van der Waals surface area contributed by atoms with E-state index in [2.05, 4.69) is 0 Å². The van der Waals surface area contributed by atoms with Gasteiger partial charge in [0.05, 0.1) is 0 Å². The third kappa shape index (κ3) is 9.63. The van der Waals surface area contributed by atoms with E-state index < -0.39 is 28.7 Å². The number of hydrogen-bond donors (Lipinski definition) is 1. The highest BCUT2D eigenvalue weighted by molar-refractivity contribution is 6.05. The summed E-state index contributed by atoms with van der Waals surface area (Å²) in [6, 6.07) is 5.75. The first kappa shape index (κ1) is 30.6. The summed E-state index contributed by atoms with van der Waals surface area (Å²) in [6.45, 7) is 18.6. The molecule has 0 aliphatic rings. The first-order valence-corrected chi connectivity index (χ1v) is 12.5. The van der Waals surface area contributed by atoms with E-state index >= 15 is 0 Å². The van der Waals surface area contributed by atoms with Crippen LogP contribution in [0.5, 0.6) is 5.75 Å². The van der Waals surface area contributed by atoms with Crippen LogP contribution in [0.4, 0.5) is 0 Å². The highest BCUT2D eigenvalue weighted by atomic mass is 16.6. The van der Waals surface area contributed by atoms with E-state index in [0.29, 0.717) is 18.6 Å². The quantitative estimate of drug-likeness (QED) is 0.191. The number of hydrogen-bond acceptors (Lipinski definition) is 7. The van der Waals surface area contributed by atoms with Crippen LogP contribution >= 0.6 is 0 Å². The molecule has 0 saturated carbocycles. The van der Waals surface area contributed by atoms with Gasteiger partial charge in [0.15, 0.2) is 0 Å². The number of carbonyl (C=O) groups excluding carboxylic acids is 3. The molecule has 0 aliphatic heterocycles. The van der Waals surface area contributed by atoms with Crippen LogP contribution in [0.3, 0.4) is 0 Å². The van der Waals surface area contributed by atoms with Crippen molar-refractivity contribution in [1.82, 2.24) is 0 Å². The van der Waals surface area contributed by atoms with Gasteiger partial charge in [-0.2, -0.15) is 0 Å². The van der Waals surface area contributed by atoms with Gasteiger partial charge in [-0.25, -0.2) is 9.59 Å². The Bertz CT molecular complexity index is 865. The molecule has 35 heavy (non-hydrogen) atoms. The van der Waals surface area contributed by atoms with E-state index in [1.165, 1.54) is 0 Å².